The van der Waals surface area contributed by atoms with Crippen LogP contribution in [0.3, 0.4) is 0 Å². The monoisotopic (exact) mass is 757 g/mol. The molecule has 2 amide bonds. The van der Waals surface area contributed by atoms with Crippen LogP contribution in [0, 0.1) is 20.8 Å². The number of halogens is 4. The summed E-state index contributed by atoms with van der Waals surface area (Å²) in [4.78, 5) is 54.8. The Bertz CT molecular complexity index is 2160. The van der Waals surface area contributed by atoms with Crippen molar-refractivity contribution in [3.05, 3.63) is 71.1 Å². The van der Waals surface area contributed by atoms with E-state index < -0.39 is 45.0 Å². The van der Waals surface area contributed by atoms with Gasteiger partial charge >= 0.3 is 249 Å². The van der Waals surface area contributed by atoms with Crippen molar-refractivity contribution < 1.29 is 48.8 Å². The number of hydrogen-bond donors (Lipinski definition) is 1. The van der Waals surface area contributed by atoms with Gasteiger partial charge in [-0.25, -0.2) is 4.98 Å². The van der Waals surface area contributed by atoms with Gasteiger partial charge in [-0.3, -0.25) is 0 Å². The van der Waals surface area contributed by atoms with E-state index >= 15 is 0 Å². The van der Waals surface area contributed by atoms with Crippen LogP contribution in [0.2, 0.25) is 0 Å². The number of hydrogen-bond acceptors (Lipinski definition) is 7. The molecule has 0 aliphatic carbocycles. The summed E-state index contributed by atoms with van der Waals surface area (Å²) in [7, 11) is 0. The van der Waals surface area contributed by atoms with E-state index in [4.69, 9.17) is 4.98 Å². The van der Waals surface area contributed by atoms with E-state index in [1.54, 1.807) is 34.0 Å². The van der Waals surface area contributed by atoms with Gasteiger partial charge in [-0.2, -0.15) is 5.10 Å². The van der Waals surface area contributed by atoms with Crippen LogP contribution in [0.1, 0.15) is 53.4 Å². The van der Waals surface area contributed by atoms with Crippen molar-refractivity contribution in [3.8, 4) is 11.3 Å². The van der Waals surface area contributed by atoms with Crippen molar-refractivity contribution in [1.82, 2.24) is 34.0 Å². The zero-order chi connectivity index (χ0) is 33.6. The third-order valence-corrected chi connectivity index (χ3v) is 13.0. The molecule has 5 aromatic rings. The van der Waals surface area contributed by atoms with Gasteiger partial charge in [0.15, 0.2) is 5.65 Å². The normalized spacial score (nSPS) is 20.7. The molecule has 2 saturated heterocycles. The van der Waals surface area contributed by atoms with E-state index in [1.165, 1.54) is 13.0 Å². The summed E-state index contributed by atoms with van der Waals surface area (Å²) in [6.07, 6.45) is -0.777. The number of nitrogens with zero attached hydrogens (tertiary/aromatic N) is 7. The zero-order valence-corrected chi connectivity index (χ0v) is 28.1. The summed E-state index contributed by atoms with van der Waals surface area (Å²) in [5.74, 6) is -0.614. The summed E-state index contributed by atoms with van der Waals surface area (Å²) in [5, 5.41) is 7.59. The fourth-order valence-corrected chi connectivity index (χ4v) is 9.70. The van der Waals surface area contributed by atoms with Crippen LogP contribution in [-0.4, -0.2) is 65.1 Å². The number of nitrogens with one attached hydrogen (secondary N) is 1. The Balaban J connectivity index is 1.19. The third kappa shape index (κ3) is 5.43. The first-order valence-electron chi connectivity index (χ1n) is 14.8. The van der Waals surface area contributed by atoms with E-state index in [2.05, 4.69) is 20.4 Å². The van der Waals surface area contributed by atoms with Gasteiger partial charge in [0.1, 0.15) is 5.82 Å². The summed E-state index contributed by atoms with van der Waals surface area (Å²) in [5.41, 5.74) is 3.04. The van der Waals surface area contributed by atoms with Crippen LogP contribution in [-0.2, 0) is 22.3 Å². The fourth-order valence-electron chi connectivity index (χ4n) is 6.31. The number of Topliss-reactive ketones (excluding diaryl/α,β-unsaturated/α-hetero) is 1. The number of carbonyl (C=O) groups is 3. The van der Waals surface area contributed by atoms with Crippen molar-refractivity contribution >= 4 is 40.0 Å². The molecule has 0 saturated carbocycles. The van der Waals surface area contributed by atoms with Gasteiger partial charge in [-0.15, -0.1) is 0 Å². The molecule has 2 fully saturated rings. The van der Waals surface area contributed by atoms with Crippen LogP contribution >= 0.6 is 0 Å². The number of aromatic nitrogens is 6. The van der Waals surface area contributed by atoms with Gasteiger partial charge in [0.25, 0.3) is 0 Å². The van der Waals surface area contributed by atoms with Crippen LogP contribution in [0.25, 0.3) is 27.8 Å². The number of fused-ring (bicyclic) bond motifs is 3. The minimum absolute atomic E-state index is 0.0737. The van der Waals surface area contributed by atoms with E-state index in [9.17, 15) is 27.6 Å². The van der Waals surface area contributed by atoms with Crippen molar-refractivity contribution in [3.63, 3.8) is 0 Å². The van der Waals surface area contributed by atoms with Crippen molar-refractivity contribution in [1.29, 1.82) is 0 Å². The number of likely N-dealkylation sites (tertiary alicyclic amines) is 1. The predicted molar refractivity (Wildman–Crippen MR) is 161 cm³/mol. The average molecular weight is 758 g/mol. The Hall–Kier alpha value is -4.41. The Morgan fingerprint density at radius 1 is 1.06 bits per heavy atom. The molecule has 1 N–H and O–H groups in total. The minimum atomic E-state index is -4.67. The number of amides is 2. The number of anilines is 1. The quantitative estimate of drug-likeness (QED) is 0.121. The van der Waals surface area contributed by atoms with E-state index in [0.29, 0.717) is 51.3 Å². The molecule has 47 heavy (non-hydrogen) atoms. The first kappa shape index (κ1) is 31.2. The van der Waals surface area contributed by atoms with Crippen molar-refractivity contribution in [2.75, 3.05) is 5.32 Å². The molecular weight excluding hydrogens is 728 g/mol. The molecule has 0 bridgehead atoms. The second-order valence-corrected chi connectivity index (χ2v) is 16.5. The molecule has 2 aliphatic rings. The Labute approximate surface area is 276 Å². The zero-order valence-electron chi connectivity index (χ0n) is 26.0. The number of aryl methyl sites for hydroxylation is 3. The first-order valence-corrected chi connectivity index (χ1v) is 17.1. The second-order valence-electron chi connectivity index (χ2n) is 12.2. The molecule has 7 rings (SSSR count). The molecule has 3 atom stereocenters. The van der Waals surface area contributed by atoms with Crippen molar-refractivity contribution in [2.24, 2.45) is 0 Å². The Kier molecular flexibility index (Phi) is 7.18. The van der Waals surface area contributed by atoms with Crippen LogP contribution in [0.4, 0.5) is 19.0 Å². The number of pyridine rings is 3. The molecule has 15 heteroatoms. The number of alkyl halides is 5. The molecule has 11 nitrogen and oxygen atoms in total. The molecule has 0 radical (unpaired) electrons. The number of ketones is 1. The second kappa shape index (κ2) is 10.8. The number of carbonyl (C=O) groups excluding carboxylic acids is 3. The molecule has 2 aliphatic heterocycles. The summed E-state index contributed by atoms with van der Waals surface area (Å²) < 4.78 is 43.1. The Morgan fingerprint density at radius 2 is 1.83 bits per heavy atom. The van der Waals surface area contributed by atoms with Gasteiger partial charge in [0.05, 0.1) is 0 Å². The first-order chi connectivity index (χ1) is 22.1. The summed E-state index contributed by atoms with van der Waals surface area (Å²) >= 11 is -0.392. The molecule has 7 heterocycles. The summed E-state index contributed by atoms with van der Waals surface area (Å²) in [6.45, 7) is 8.54. The standard InChI is InChI=1S/C32H29F3IN8O3/c1-15-6-8-24(32(33,34)35)39-28(15)40-29(47)23-11-31(5)30(36-31)44(23)26(46)14-42-13-21(17(3)45)20-10-22(37-16(2)27(20)42)19-7-9-25-38-18(4)41-43(25)12-19/h6-10,12-13,23,30H,11,14H2,1-5H3,(H,39,40,47)/q-1/t23-,30-,31+/m0/s1. The summed E-state index contributed by atoms with van der Waals surface area (Å²) in [6, 6.07) is 6.81. The maximum atomic E-state index is 14.0. The van der Waals surface area contributed by atoms with Gasteiger partial charge in [-0.1, -0.05) is 0 Å². The molecule has 0 unspecified atom stereocenters. The molecule has 5 aromatic heterocycles. The van der Waals surface area contributed by atoms with E-state index in [1.807, 2.05) is 38.2 Å². The molecule has 0 aromatic carbocycles. The van der Waals surface area contributed by atoms with Gasteiger partial charge in [0.2, 0.25) is 0 Å². The van der Waals surface area contributed by atoms with Crippen LogP contribution < -0.4 is 26.5 Å². The van der Waals surface area contributed by atoms with Gasteiger partial charge < -0.3 is 0 Å². The molecule has 244 valence electrons. The van der Waals surface area contributed by atoms with Gasteiger partial charge in [-0.05, 0) is 6.92 Å². The molecular formula is C32H29F3IN8O3-. The predicted octanol–water partition coefficient (Wildman–Crippen LogP) is 1.71. The molecule has 0 spiro atoms. The maximum absolute atomic E-state index is 14.0. The average Bonchev–Trinajstić information content (AvgIpc) is 3.26. The SMILES string of the molecule is CC(=O)c1cn(CC(=O)N2[C@H](C(=O)Nc3nc(C(F)(F)F)ccc3C)C[C@@]3(C)[I-][C@@H]23)c2c(C)nc(-c3ccc4nc(C)nn4c3)cc12. The van der Waals surface area contributed by atoms with Crippen molar-refractivity contribution in [2.45, 2.75) is 67.3 Å². The third-order valence-electron chi connectivity index (χ3n) is 8.64. The van der Waals surface area contributed by atoms with Gasteiger partial charge in [0, 0.05) is 0 Å². The van der Waals surface area contributed by atoms with E-state index in [0.717, 1.165) is 11.6 Å². The van der Waals surface area contributed by atoms with Crippen LogP contribution in [0.15, 0.2) is 42.7 Å². The fraction of sp³-hybridized carbons (Fsp3) is 0.344. The van der Waals surface area contributed by atoms with Crippen LogP contribution in [0.5, 0.6) is 0 Å². The number of rotatable bonds is 6. The Morgan fingerprint density at radius 3 is 2.55 bits per heavy atom. The van der Waals surface area contributed by atoms with E-state index in [-0.39, 0.29) is 31.5 Å². The topological polar surface area (TPSA) is 127 Å².